The zero-order valence-corrected chi connectivity index (χ0v) is 21.0. The molecule has 0 aromatic rings. The number of methoxy groups -OCH3 is 2. The molecule has 172 valence electrons. The van der Waals surface area contributed by atoms with Crippen molar-refractivity contribution in [2.75, 3.05) is 20.8 Å². The second-order valence-electron chi connectivity index (χ2n) is 9.57. The molecular weight excluding hydrogens is 406 g/mol. The number of esters is 2. The lowest BCUT2D eigenvalue weighted by Gasteiger charge is -2.55. The highest BCUT2D eigenvalue weighted by Crippen LogP contribution is 2.46. The third-order valence-electron chi connectivity index (χ3n) is 6.67. The van der Waals surface area contributed by atoms with Gasteiger partial charge in [0.15, 0.2) is 14.1 Å². The minimum Gasteiger partial charge on any atom is -0.468 e. The lowest BCUT2D eigenvalue weighted by Crippen LogP contribution is -2.74. The van der Waals surface area contributed by atoms with Crippen LogP contribution in [0.3, 0.4) is 0 Å². The Bertz CT molecular complexity index is 682. The number of β-lactam (4-membered cyclic amide) rings is 1. The summed E-state index contributed by atoms with van der Waals surface area (Å²) in [4.78, 5) is 51.9. The van der Waals surface area contributed by atoms with E-state index in [1.54, 1.807) is 13.8 Å². The predicted molar refractivity (Wildman–Crippen MR) is 114 cm³/mol. The molecule has 0 bridgehead atoms. The molecule has 8 nitrogen and oxygen atoms in total. The summed E-state index contributed by atoms with van der Waals surface area (Å²) in [7, 11) is 0.202. The first-order chi connectivity index (χ1) is 13.6. The van der Waals surface area contributed by atoms with Crippen LogP contribution in [-0.4, -0.2) is 69.8 Å². The monoisotopic (exact) mass is 443 g/mol. The maximum Gasteiger partial charge on any atom is 0.325 e. The molecule has 1 fully saturated rings. The molecule has 30 heavy (non-hydrogen) atoms. The highest BCUT2D eigenvalue weighted by molar-refractivity contribution is 6.74. The number of carbonyl (C=O) groups excluding carboxylic acids is 4. The van der Waals surface area contributed by atoms with Gasteiger partial charge in [0.1, 0.15) is 12.0 Å². The number of amides is 1. The summed E-state index contributed by atoms with van der Waals surface area (Å²) in [5.41, 5.74) is -1.61. The molecule has 1 saturated heterocycles. The number of likely N-dealkylation sites (tertiary alicyclic amines) is 1. The molecule has 9 heteroatoms. The number of Topliss-reactive ketones (excluding diaryl/α,β-unsaturated/α-hetero) is 1. The smallest absolute Gasteiger partial charge is 0.325 e. The van der Waals surface area contributed by atoms with Gasteiger partial charge >= 0.3 is 11.9 Å². The summed E-state index contributed by atoms with van der Waals surface area (Å²) < 4.78 is 16.1. The summed E-state index contributed by atoms with van der Waals surface area (Å²) in [5, 5.41) is -0.0832. The minimum atomic E-state index is -2.23. The number of ketones is 1. The Balaban J connectivity index is 3.43. The summed E-state index contributed by atoms with van der Waals surface area (Å²) in [5.74, 6) is -2.79. The average Bonchev–Trinajstić information content (AvgIpc) is 2.66. The van der Waals surface area contributed by atoms with Gasteiger partial charge in [0.05, 0.1) is 32.3 Å². The third-order valence-corrected chi connectivity index (χ3v) is 11.2. The molecule has 1 heterocycles. The maximum atomic E-state index is 13.1. The van der Waals surface area contributed by atoms with Crippen molar-refractivity contribution < 1.29 is 33.1 Å². The Hall–Kier alpha value is -1.74. The lowest BCUT2D eigenvalue weighted by atomic mass is 9.65. The fourth-order valence-corrected chi connectivity index (χ4v) is 5.21. The molecule has 0 N–H and O–H groups in total. The van der Waals surface area contributed by atoms with Crippen molar-refractivity contribution in [2.45, 2.75) is 78.2 Å². The summed E-state index contributed by atoms with van der Waals surface area (Å²) >= 11 is 0. The van der Waals surface area contributed by atoms with Gasteiger partial charge in [-0.3, -0.25) is 19.2 Å². The van der Waals surface area contributed by atoms with Crippen LogP contribution in [0.2, 0.25) is 18.1 Å². The van der Waals surface area contributed by atoms with E-state index in [2.05, 4.69) is 33.9 Å². The highest BCUT2D eigenvalue weighted by atomic mass is 28.4. The highest BCUT2D eigenvalue weighted by Gasteiger charge is 2.64. The molecule has 1 aliphatic rings. The van der Waals surface area contributed by atoms with E-state index in [1.165, 1.54) is 26.0 Å². The van der Waals surface area contributed by atoms with Crippen LogP contribution < -0.4 is 0 Å². The molecule has 1 unspecified atom stereocenters. The number of hydrogen-bond acceptors (Lipinski definition) is 7. The van der Waals surface area contributed by atoms with Gasteiger partial charge in [-0.25, -0.2) is 0 Å². The van der Waals surface area contributed by atoms with E-state index in [-0.39, 0.29) is 29.7 Å². The van der Waals surface area contributed by atoms with Gasteiger partial charge in [0.25, 0.3) is 0 Å². The van der Waals surface area contributed by atoms with Crippen LogP contribution in [0.25, 0.3) is 0 Å². The van der Waals surface area contributed by atoms with Gasteiger partial charge in [-0.15, -0.1) is 0 Å². The SMILES string of the molecule is CCC(=O)C(C)(C(=O)OC)[C@@H]1[C@@H]([C@@H](C)O[Si](C)(C)C(C)(C)C)C(=O)N1CC(=O)OC. The second kappa shape index (κ2) is 9.17. The van der Waals surface area contributed by atoms with Crippen molar-refractivity contribution in [3.8, 4) is 0 Å². The summed E-state index contributed by atoms with van der Waals surface area (Å²) in [6.45, 7) is 15.0. The van der Waals surface area contributed by atoms with Gasteiger partial charge in [0.2, 0.25) is 5.91 Å². The van der Waals surface area contributed by atoms with Crippen LogP contribution in [0, 0.1) is 11.3 Å². The van der Waals surface area contributed by atoms with Gasteiger partial charge in [-0.1, -0.05) is 27.7 Å². The molecule has 0 aliphatic carbocycles. The topological polar surface area (TPSA) is 99.2 Å². The van der Waals surface area contributed by atoms with Crippen LogP contribution in [0.1, 0.15) is 48.0 Å². The van der Waals surface area contributed by atoms with Crippen LogP contribution >= 0.6 is 0 Å². The Morgan fingerprint density at radius 3 is 2.03 bits per heavy atom. The lowest BCUT2D eigenvalue weighted by molar-refractivity contribution is -0.188. The Kier molecular flexibility index (Phi) is 8.04. The van der Waals surface area contributed by atoms with E-state index >= 15 is 0 Å². The third kappa shape index (κ3) is 4.61. The molecule has 1 rings (SSSR count). The van der Waals surface area contributed by atoms with Crippen molar-refractivity contribution in [1.82, 2.24) is 4.90 Å². The molecule has 4 atom stereocenters. The Morgan fingerprint density at radius 2 is 1.63 bits per heavy atom. The summed E-state index contributed by atoms with van der Waals surface area (Å²) in [6, 6.07) is -0.858. The van der Waals surface area contributed by atoms with E-state index in [0.717, 1.165) is 0 Å². The Labute approximate surface area is 180 Å². The second-order valence-corrected chi connectivity index (χ2v) is 14.3. The molecule has 1 aliphatic heterocycles. The first-order valence-electron chi connectivity index (χ1n) is 10.3. The number of ether oxygens (including phenoxy) is 2. The van der Waals surface area contributed by atoms with Crippen LogP contribution in [0.5, 0.6) is 0 Å². The van der Waals surface area contributed by atoms with Crippen LogP contribution in [0.4, 0.5) is 0 Å². The van der Waals surface area contributed by atoms with Gasteiger partial charge in [-0.2, -0.15) is 0 Å². The minimum absolute atomic E-state index is 0.0832. The predicted octanol–water partition coefficient (Wildman–Crippen LogP) is 2.56. The number of hydrogen-bond donors (Lipinski definition) is 0. The fraction of sp³-hybridized carbons (Fsp3) is 0.810. The van der Waals surface area contributed by atoms with Gasteiger partial charge < -0.3 is 18.8 Å². The van der Waals surface area contributed by atoms with E-state index < -0.39 is 43.7 Å². The van der Waals surface area contributed by atoms with E-state index in [4.69, 9.17) is 13.9 Å². The standard InChI is InChI=1S/C21H37NO7Si/c1-11-14(23)21(6,19(26)28-8)17-16(18(25)22(17)12-15(24)27-7)13(2)29-30(9,10)20(3,4)5/h13,16-17H,11-12H2,1-10H3/t13-,16-,17+,21?/m1/s1. The zero-order chi connectivity index (χ0) is 23.7. The van der Waals surface area contributed by atoms with Gasteiger partial charge in [0, 0.05) is 6.42 Å². The summed E-state index contributed by atoms with van der Waals surface area (Å²) in [6.07, 6.45) is -0.446. The normalized spacial score (nSPS) is 22.6. The first-order valence-corrected chi connectivity index (χ1v) is 13.2. The van der Waals surface area contributed by atoms with Crippen molar-refractivity contribution in [1.29, 1.82) is 0 Å². The zero-order valence-electron chi connectivity index (χ0n) is 20.0. The number of rotatable bonds is 9. The molecule has 0 aromatic heterocycles. The Morgan fingerprint density at radius 1 is 1.10 bits per heavy atom. The number of carbonyl (C=O) groups is 4. The quantitative estimate of drug-likeness (QED) is 0.234. The van der Waals surface area contributed by atoms with Gasteiger partial charge in [-0.05, 0) is 32.0 Å². The molecular formula is C21H37NO7Si. The van der Waals surface area contributed by atoms with Crippen molar-refractivity contribution >= 4 is 31.9 Å². The molecule has 0 aromatic carbocycles. The van der Waals surface area contributed by atoms with E-state index in [0.29, 0.717) is 0 Å². The molecule has 0 spiro atoms. The number of nitrogens with zero attached hydrogens (tertiary/aromatic N) is 1. The molecule has 1 amide bonds. The average molecular weight is 444 g/mol. The van der Waals surface area contributed by atoms with Crippen molar-refractivity contribution in [3.05, 3.63) is 0 Å². The van der Waals surface area contributed by atoms with Crippen LogP contribution in [-0.2, 0) is 33.1 Å². The maximum absolute atomic E-state index is 13.1. The molecule has 0 saturated carbocycles. The van der Waals surface area contributed by atoms with E-state index in [9.17, 15) is 19.2 Å². The van der Waals surface area contributed by atoms with E-state index in [1.807, 2.05) is 0 Å². The van der Waals surface area contributed by atoms with Crippen molar-refractivity contribution in [3.63, 3.8) is 0 Å². The first kappa shape index (κ1) is 26.3. The largest absolute Gasteiger partial charge is 0.468 e. The van der Waals surface area contributed by atoms with Crippen molar-refractivity contribution in [2.24, 2.45) is 11.3 Å². The van der Waals surface area contributed by atoms with Crippen LogP contribution in [0.15, 0.2) is 0 Å². The fourth-order valence-electron chi connectivity index (χ4n) is 3.78. The molecule has 0 radical (unpaired) electrons.